The topological polar surface area (TPSA) is 81.8 Å². The number of nitrogens with zero attached hydrogens (tertiary/aromatic N) is 1. The molecule has 0 saturated carbocycles. The van der Waals surface area contributed by atoms with Gasteiger partial charge in [-0.1, -0.05) is 6.07 Å². The second-order valence-corrected chi connectivity index (χ2v) is 3.17. The van der Waals surface area contributed by atoms with Crippen molar-refractivity contribution >= 4 is 6.08 Å². The highest BCUT2D eigenvalue weighted by molar-refractivity contribution is 5.57. The Labute approximate surface area is 98.2 Å². The van der Waals surface area contributed by atoms with E-state index in [0.29, 0.717) is 17.1 Å². The van der Waals surface area contributed by atoms with Gasteiger partial charge in [0.2, 0.25) is 0 Å². The van der Waals surface area contributed by atoms with Gasteiger partial charge in [-0.15, -0.1) is 0 Å². The normalized spacial score (nSPS) is 11.1. The largest absolute Gasteiger partial charge is 0.493 e. The van der Waals surface area contributed by atoms with Crippen LogP contribution in [0.1, 0.15) is 5.56 Å². The summed E-state index contributed by atoms with van der Waals surface area (Å²) < 4.78 is 10.1. The second-order valence-electron chi connectivity index (χ2n) is 3.17. The summed E-state index contributed by atoms with van der Waals surface area (Å²) in [6, 6.07) is 4.87. The van der Waals surface area contributed by atoms with Crippen molar-refractivity contribution in [3.05, 3.63) is 39.6 Å². The summed E-state index contributed by atoms with van der Waals surface area (Å²) in [4.78, 5) is 9.91. The van der Waals surface area contributed by atoms with Crippen molar-refractivity contribution in [1.29, 1.82) is 0 Å². The molecule has 0 amide bonds. The zero-order valence-corrected chi connectivity index (χ0v) is 9.54. The molecule has 1 aromatic rings. The van der Waals surface area contributed by atoms with Crippen LogP contribution in [0.2, 0.25) is 0 Å². The van der Waals surface area contributed by atoms with Crippen LogP contribution in [0.3, 0.4) is 0 Å². The molecule has 0 saturated heterocycles. The van der Waals surface area contributed by atoms with Gasteiger partial charge in [0, 0.05) is 6.08 Å². The maximum atomic E-state index is 10.5. The summed E-state index contributed by atoms with van der Waals surface area (Å²) in [6.45, 7) is -0.624. The van der Waals surface area contributed by atoms with E-state index in [0.717, 1.165) is 0 Å². The Balaban J connectivity index is 3.11. The van der Waals surface area contributed by atoms with E-state index in [1.54, 1.807) is 18.2 Å². The predicted molar refractivity (Wildman–Crippen MR) is 61.6 cm³/mol. The van der Waals surface area contributed by atoms with Gasteiger partial charge in [-0.3, -0.25) is 10.1 Å². The smallest absolute Gasteiger partial charge is 0.271 e. The Kier molecular flexibility index (Phi) is 4.47. The van der Waals surface area contributed by atoms with Crippen LogP contribution in [0.15, 0.2) is 23.9 Å². The lowest BCUT2D eigenvalue weighted by molar-refractivity contribution is -0.428. The summed E-state index contributed by atoms with van der Waals surface area (Å²) in [5.41, 5.74) is 0.278. The van der Waals surface area contributed by atoms with Gasteiger partial charge >= 0.3 is 0 Å². The van der Waals surface area contributed by atoms with E-state index >= 15 is 0 Å². The van der Waals surface area contributed by atoms with Crippen molar-refractivity contribution in [2.75, 3.05) is 20.8 Å². The van der Waals surface area contributed by atoms with Crippen LogP contribution < -0.4 is 9.47 Å². The van der Waals surface area contributed by atoms with Crippen molar-refractivity contribution in [3.8, 4) is 11.5 Å². The number of hydrogen-bond donors (Lipinski definition) is 1. The maximum Gasteiger partial charge on any atom is 0.271 e. The van der Waals surface area contributed by atoms with Crippen LogP contribution in [0.4, 0.5) is 0 Å². The molecular weight excluding hydrogens is 226 g/mol. The molecule has 0 aromatic heterocycles. The third kappa shape index (κ3) is 3.18. The number of hydrogen-bond acceptors (Lipinski definition) is 5. The average Bonchev–Trinajstić information content (AvgIpc) is 2.35. The number of aliphatic hydroxyl groups excluding tert-OH is 1. The molecule has 0 fully saturated rings. The molecular formula is C11H13NO5. The lowest BCUT2D eigenvalue weighted by Crippen LogP contribution is -2.02. The van der Waals surface area contributed by atoms with E-state index in [9.17, 15) is 10.1 Å². The third-order valence-electron chi connectivity index (χ3n) is 2.14. The van der Waals surface area contributed by atoms with Gasteiger partial charge in [0.15, 0.2) is 11.5 Å². The highest BCUT2D eigenvalue weighted by Gasteiger charge is 2.10. The number of aliphatic hydroxyl groups is 1. The Morgan fingerprint density at radius 3 is 2.53 bits per heavy atom. The fourth-order valence-electron chi connectivity index (χ4n) is 1.29. The molecule has 6 heteroatoms. The minimum absolute atomic E-state index is 0.280. The van der Waals surface area contributed by atoms with Crippen LogP contribution in [-0.2, 0) is 0 Å². The van der Waals surface area contributed by atoms with Crippen molar-refractivity contribution in [2.24, 2.45) is 0 Å². The molecule has 0 heterocycles. The van der Waals surface area contributed by atoms with E-state index < -0.39 is 11.5 Å². The average molecular weight is 239 g/mol. The number of methoxy groups -OCH3 is 2. The zero-order chi connectivity index (χ0) is 12.8. The molecule has 0 radical (unpaired) electrons. The Morgan fingerprint density at radius 2 is 2.06 bits per heavy atom. The predicted octanol–water partition coefficient (Wildman–Crippen LogP) is 1.31. The number of rotatable bonds is 5. The molecule has 1 rings (SSSR count). The van der Waals surface area contributed by atoms with Crippen molar-refractivity contribution in [3.63, 3.8) is 0 Å². The summed E-state index contributed by atoms with van der Waals surface area (Å²) in [5.74, 6) is 1.01. The molecule has 0 unspecified atom stereocenters. The van der Waals surface area contributed by atoms with E-state index in [-0.39, 0.29) is 5.70 Å². The van der Waals surface area contributed by atoms with E-state index in [1.807, 2.05) is 0 Å². The quantitative estimate of drug-likeness (QED) is 0.618. The minimum atomic E-state index is -0.628. The first-order valence-corrected chi connectivity index (χ1v) is 4.80. The lowest BCUT2D eigenvalue weighted by Gasteiger charge is -2.07. The van der Waals surface area contributed by atoms with Gasteiger partial charge in [-0.2, -0.15) is 0 Å². The first kappa shape index (κ1) is 13.0. The molecule has 1 aromatic carbocycles. The van der Waals surface area contributed by atoms with Crippen LogP contribution in [-0.4, -0.2) is 30.9 Å². The van der Waals surface area contributed by atoms with Crippen molar-refractivity contribution in [1.82, 2.24) is 0 Å². The third-order valence-corrected chi connectivity index (χ3v) is 2.14. The van der Waals surface area contributed by atoms with Crippen LogP contribution in [0.25, 0.3) is 6.08 Å². The molecule has 0 bridgehead atoms. The van der Waals surface area contributed by atoms with Gasteiger partial charge in [-0.05, 0) is 17.7 Å². The summed E-state index contributed by atoms with van der Waals surface area (Å²) in [6.07, 6.45) is 1.28. The molecule has 0 atom stereocenters. The molecule has 0 spiro atoms. The highest BCUT2D eigenvalue weighted by atomic mass is 16.6. The highest BCUT2D eigenvalue weighted by Crippen LogP contribution is 2.28. The first-order chi connectivity index (χ1) is 8.12. The zero-order valence-electron chi connectivity index (χ0n) is 9.54. The summed E-state index contributed by atoms with van der Waals surface area (Å²) in [5, 5.41) is 19.4. The van der Waals surface area contributed by atoms with Crippen LogP contribution in [0.5, 0.6) is 11.5 Å². The molecule has 0 aliphatic rings. The molecule has 0 aliphatic heterocycles. The summed E-state index contributed by atoms with van der Waals surface area (Å²) in [7, 11) is 2.98. The second kappa shape index (κ2) is 5.86. The SMILES string of the molecule is COc1ccc(/C=C(/CO)[N+](=O)[O-])cc1OC. The Morgan fingerprint density at radius 1 is 1.41 bits per heavy atom. The van der Waals surface area contributed by atoms with Gasteiger partial charge < -0.3 is 14.6 Å². The Hall–Kier alpha value is -2.08. The molecule has 92 valence electrons. The number of benzene rings is 1. The number of ether oxygens (including phenoxy) is 2. The fourth-order valence-corrected chi connectivity index (χ4v) is 1.29. The van der Waals surface area contributed by atoms with Gasteiger partial charge in [-0.25, -0.2) is 0 Å². The molecule has 0 aliphatic carbocycles. The van der Waals surface area contributed by atoms with Gasteiger partial charge in [0.05, 0.1) is 19.1 Å². The monoisotopic (exact) mass is 239 g/mol. The Bertz CT molecular complexity index is 441. The van der Waals surface area contributed by atoms with Crippen LogP contribution >= 0.6 is 0 Å². The summed E-state index contributed by atoms with van der Waals surface area (Å²) >= 11 is 0. The van der Waals surface area contributed by atoms with Crippen LogP contribution in [0, 0.1) is 10.1 Å². The van der Waals surface area contributed by atoms with Gasteiger partial charge in [0.25, 0.3) is 5.70 Å². The van der Waals surface area contributed by atoms with E-state index in [4.69, 9.17) is 14.6 Å². The lowest BCUT2D eigenvalue weighted by atomic mass is 10.1. The van der Waals surface area contributed by atoms with E-state index in [1.165, 1.54) is 20.3 Å². The molecule has 6 nitrogen and oxygen atoms in total. The molecule has 17 heavy (non-hydrogen) atoms. The van der Waals surface area contributed by atoms with Gasteiger partial charge in [0.1, 0.15) is 6.61 Å². The van der Waals surface area contributed by atoms with Crippen molar-refractivity contribution < 1.29 is 19.5 Å². The maximum absolute atomic E-state index is 10.5. The molecule has 1 N–H and O–H groups in total. The standard InChI is InChI=1S/C11H13NO5/c1-16-10-4-3-8(6-11(10)17-2)5-9(7-13)12(14)15/h3-6,13H,7H2,1-2H3/b9-5-. The number of nitro groups is 1. The first-order valence-electron chi connectivity index (χ1n) is 4.80. The minimum Gasteiger partial charge on any atom is -0.493 e. The van der Waals surface area contributed by atoms with E-state index in [2.05, 4.69) is 0 Å². The van der Waals surface area contributed by atoms with Crippen molar-refractivity contribution in [2.45, 2.75) is 0 Å². The fraction of sp³-hybridized carbons (Fsp3) is 0.273.